The molecule has 0 saturated carbocycles. The first-order chi connectivity index (χ1) is 9.95. The molecule has 0 aromatic heterocycles. The largest absolute Gasteiger partial charge is 0.325 e. The van der Waals surface area contributed by atoms with Crippen molar-refractivity contribution in [3.05, 3.63) is 62.9 Å². The molecule has 1 aliphatic rings. The van der Waals surface area contributed by atoms with Gasteiger partial charge in [-0.05, 0) is 41.0 Å². The van der Waals surface area contributed by atoms with Crippen molar-refractivity contribution in [1.29, 1.82) is 0 Å². The van der Waals surface area contributed by atoms with Crippen molar-refractivity contribution >= 4 is 34.8 Å². The number of amides is 1. The Kier molecular flexibility index (Phi) is 3.61. The summed E-state index contributed by atoms with van der Waals surface area (Å²) in [7, 11) is 0. The van der Waals surface area contributed by atoms with Crippen LogP contribution in [0.4, 0.5) is 10.1 Å². The summed E-state index contributed by atoms with van der Waals surface area (Å²) in [5.74, 6) is -0.502. The minimum Gasteiger partial charge on any atom is -0.325 e. The van der Waals surface area contributed by atoms with Gasteiger partial charge in [0.25, 0.3) is 0 Å². The smallest absolute Gasteiger partial charge is 0.228 e. The minimum atomic E-state index is -0.591. The molecule has 108 valence electrons. The molecule has 1 heterocycles. The molecule has 3 rings (SSSR count). The molecule has 1 unspecified atom stereocenters. The van der Waals surface area contributed by atoms with E-state index in [0.29, 0.717) is 28.3 Å². The van der Waals surface area contributed by atoms with Gasteiger partial charge in [0.05, 0.1) is 12.5 Å². The fourth-order valence-corrected chi connectivity index (χ4v) is 2.99. The molecular weight excluding hydrogens is 314 g/mol. The number of carbonyl (C=O) groups excluding carboxylic acids is 1. The molecule has 0 radical (unpaired) electrons. The standard InChI is InChI=1S/C15H11Cl2FN2O/c16-11-5-8(18)1-2-9(11)15(19)10-3-7-4-14(21)20-13(7)6-12(10)17/h1-3,5-6,15H,4,19H2,(H,20,21). The summed E-state index contributed by atoms with van der Waals surface area (Å²) in [6, 6.07) is 6.92. The van der Waals surface area contributed by atoms with Gasteiger partial charge in [0, 0.05) is 15.7 Å². The second-order valence-electron chi connectivity index (χ2n) is 4.90. The van der Waals surface area contributed by atoms with E-state index in [9.17, 15) is 9.18 Å². The van der Waals surface area contributed by atoms with Crippen LogP contribution >= 0.6 is 23.2 Å². The van der Waals surface area contributed by atoms with Crippen LogP contribution in [0.2, 0.25) is 10.0 Å². The van der Waals surface area contributed by atoms with Gasteiger partial charge in [-0.25, -0.2) is 4.39 Å². The Balaban J connectivity index is 2.04. The summed E-state index contributed by atoms with van der Waals surface area (Å²) in [6.45, 7) is 0. The third-order valence-corrected chi connectivity index (χ3v) is 4.13. The van der Waals surface area contributed by atoms with Crippen molar-refractivity contribution in [1.82, 2.24) is 0 Å². The molecule has 0 saturated heterocycles. The quantitative estimate of drug-likeness (QED) is 0.885. The number of nitrogens with one attached hydrogen (secondary N) is 1. The fraction of sp³-hybridized carbons (Fsp3) is 0.133. The summed E-state index contributed by atoms with van der Waals surface area (Å²) < 4.78 is 13.1. The van der Waals surface area contributed by atoms with Gasteiger partial charge in [-0.1, -0.05) is 29.3 Å². The average molecular weight is 325 g/mol. The van der Waals surface area contributed by atoms with Crippen LogP contribution in [0.1, 0.15) is 22.7 Å². The van der Waals surface area contributed by atoms with Crippen LogP contribution in [-0.2, 0) is 11.2 Å². The molecule has 0 spiro atoms. The van der Waals surface area contributed by atoms with E-state index in [2.05, 4.69) is 5.32 Å². The number of anilines is 1. The van der Waals surface area contributed by atoms with Gasteiger partial charge in [-0.3, -0.25) is 4.79 Å². The van der Waals surface area contributed by atoms with Gasteiger partial charge in [-0.15, -0.1) is 0 Å². The molecule has 6 heteroatoms. The van der Waals surface area contributed by atoms with E-state index in [4.69, 9.17) is 28.9 Å². The first-order valence-corrected chi connectivity index (χ1v) is 7.04. The lowest BCUT2D eigenvalue weighted by Crippen LogP contribution is -2.13. The van der Waals surface area contributed by atoms with Crippen LogP contribution < -0.4 is 11.1 Å². The molecular formula is C15H11Cl2FN2O. The highest BCUT2D eigenvalue weighted by atomic mass is 35.5. The number of carbonyl (C=O) groups is 1. The van der Waals surface area contributed by atoms with E-state index >= 15 is 0 Å². The van der Waals surface area contributed by atoms with Crippen molar-refractivity contribution in [2.45, 2.75) is 12.5 Å². The maximum Gasteiger partial charge on any atom is 0.228 e. The van der Waals surface area contributed by atoms with Gasteiger partial charge >= 0.3 is 0 Å². The molecule has 0 aliphatic carbocycles. The van der Waals surface area contributed by atoms with E-state index in [1.807, 2.05) is 0 Å². The predicted octanol–water partition coefficient (Wildman–Crippen LogP) is 3.68. The van der Waals surface area contributed by atoms with Crippen LogP contribution in [0.3, 0.4) is 0 Å². The molecule has 2 aromatic rings. The Morgan fingerprint density at radius 1 is 1.14 bits per heavy atom. The lowest BCUT2D eigenvalue weighted by Gasteiger charge is -2.17. The van der Waals surface area contributed by atoms with Crippen molar-refractivity contribution in [2.24, 2.45) is 5.73 Å². The molecule has 1 aliphatic heterocycles. The Bertz CT molecular complexity index is 749. The van der Waals surface area contributed by atoms with Crippen LogP contribution in [0.15, 0.2) is 30.3 Å². The van der Waals surface area contributed by atoms with Gasteiger partial charge < -0.3 is 11.1 Å². The van der Waals surface area contributed by atoms with Crippen molar-refractivity contribution in [3.8, 4) is 0 Å². The summed E-state index contributed by atoms with van der Waals surface area (Å²) in [5.41, 5.74) is 8.97. The predicted molar refractivity (Wildman–Crippen MR) is 81.2 cm³/mol. The Morgan fingerprint density at radius 3 is 2.57 bits per heavy atom. The van der Waals surface area contributed by atoms with Crippen LogP contribution in [0.5, 0.6) is 0 Å². The lowest BCUT2D eigenvalue weighted by molar-refractivity contribution is -0.115. The van der Waals surface area contributed by atoms with Gasteiger partial charge in [-0.2, -0.15) is 0 Å². The Hall–Kier alpha value is -1.62. The molecule has 2 aromatic carbocycles. The first kappa shape index (κ1) is 14.3. The second kappa shape index (κ2) is 5.30. The number of benzene rings is 2. The Labute approximate surface area is 130 Å². The summed E-state index contributed by atoms with van der Waals surface area (Å²) in [5, 5.41) is 3.40. The summed E-state index contributed by atoms with van der Waals surface area (Å²) in [4.78, 5) is 11.4. The molecule has 3 nitrogen and oxygen atoms in total. The third-order valence-electron chi connectivity index (χ3n) is 3.48. The highest BCUT2D eigenvalue weighted by molar-refractivity contribution is 6.32. The first-order valence-electron chi connectivity index (χ1n) is 6.28. The zero-order chi connectivity index (χ0) is 15.1. The van der Waals surface area contributed by atoms with Gasteiger partial charge in [0.1, 0.15) is 5.82 Å². The highest BCUT2D eigenvalue weighted by Gasteiger charge is 2.23. The molecule has 0 bridgehead atoms. The molecule has 3 N–H and O–H groups in total. The van der Waals surface area contributed by atoms with Gasteiger partial charge in [0.15, 0.2) is 0 Å². The number of hydrogen-bond donors (Lipinski definition) is 2. The van der Waals surface area contributed by atoms with E-state index in [1.165, 1.54) is 18.2 Å². The van der Waals surface area contributed by atoms with Crippen molar-refractivity contribution in [3.63, 3.8) is 0 Å². The van der Waals surface area contributed by atoms with Crippen LogP contribution in [-0.4, -0.2) is 5.91 Å². The lowest BCUT2D eigenvalue weighted by atomic mass is 9.97. The number of halogens is 3. The number of fused-ring (bicyclic) bond motifs is 1. The monoisotopic (exact) mass is 324 g/mol. The maximum atomic E-state index is 13.1. The molecule has 0 fully saturated rings. The van der Waals surface area contributed by atoms with Crippen molar-refractivity contribution in [2.75, 3.05) is 5.32 Å². The molecule has 1 atom stereocenters. The normalized spacial score (nSPS) is 14.8. The summed E-state index contributed by atoms with van der Waals surface area (Å²) in [6.07, 6.45) is 0.295. The minimum absolute atomic E-state index is 0.0772. The van der Waals surface area contributed by atoms with E-state index in [1.54, 1.807) is 12.1 Å². The Morgan fingerprint density at radius 2 is 1.86 bits per heavy atom. The van der Waals surface area contributed by atoms with Crippen LogP contribution in [0, 0.1) is 5.82 Å². The van der Waals surface area contributed by atoms with E-state index in [-0.39, 0.29) is 10.9 Å². The number of rotatable bonds is 2. The molecule has 1 amide bonds. The summed E-state index contributed by atoms with van der Waals surface area (Å²) >= 11 is 12.3. The van der Waals surface area contributed by atoms with Crippen LogP contribution in [0.25, 0.3) is 0 Å². The van der Waals surface area contributed by atoms with E-state index in [0.717, 1.165) is 5.56 Å². The van der Waals surface area contributed by atoms with Crippen molar-refractivity contribution < 1.29 is 9.18 Å². The SMILES string of the molecule is NC(c1ccc(F)cc1Cl)c1cc2c(cc1Cl)NC(=O)C2. The fourth-order valence-electron chi connectivity index (χ4n) is 2.43. The van der Waals surface area contributed by atoms with E-state index < -0.39 is 11.9 Å². The maximum absolute atomic E-state index is 13.1. The third kappa shape index (κ3) is 2.62. The number of hydrogen-bond acceptors (Lipinski definition) is 2. The topological polar surface area (TPSA) is 55.1 Å². The molecule has 21 heavy (non-hydrogen) atoms. The zero-order valence-corrected chi connectivity index (χ0v) is 12.3. The second-order valence-corrected chi connectivity index (χ2v) is 5.71. The number of nitrogens with two attached hydrogens (primary N) is 1. The zero-order valence-electron chi connectivity index (χ0n) is 10.8. The van der Waals surface area contributed by atoms with Gasteiger partial charge in [0.2, 0.25) is 5.91 Å². The average Bonchev–Trinajstić information content (AvgIpc) is 2.76. The highest BCUT2D eigenvalue weighted by Crippen LogP contribution is 2.36.